The van der Waals surface area contributed by atoms with E-state index in [1.807, 2.05) is 4.90 Å². The summed E-state index contributed by atoms with van der Waals surface area (Å²) in [4.78, 5) is 14.3. The highest BCUT2D eigenvalue weighted by atomic mass is 35.5. The lowest BCUT2D eigenvalue weighted by Crippen LogP contribution is -2.47. The third-order valence-corrected chi connectivity index (χ3v) is 4.87. The molecule has 2 fully saturated rings. The van der Waals surface area contributed by atoms with Gasteiger partial charge in [-0.25, -0.2) is 4.39 Å². The Morgan fingerprint density at radius 2 is 1.62 bits per heavy atom. The molecule has 2 aliphatic rings. The van der Waals surface area contributed by atoms with E-state index in [4.69, 9.17) is 0 Å². The van der Waals surface area contributed by atoms with E-state index in [2.05, 4.69) is 5.32 Å². The van der Waals surface area contributed by atoms with Crippen LogP contribution in [0.15, 0.2) is 24.3 Å². The van der Waals surface area contributed by atoms with Gasteiger partial charge in [0.25, 0.3) is 5.91 Å². The second-order valence-electron chi connectivity index (χ2n) is 6.05. The maximum absolute atomic E-state index is 12.9. The van der Waals surface area contributed by atoms with Gasteiger partial charge in [0, 0.05) is 18.7 Å². The van der Waals surface area contributed by atoms with Crippen LogP contribution >= 0.6 is 12.4 Å². The van der Waals surface area contributed by atoms with Crippen molar-refractivity contribution in [3.63, 3.8) is 0 Å². The number of likely N-dealkylation sites (tertiary alicyclic amines) is 1. The first-order valence-corrected chi connectivity index (χ1v) is 7.44. The minimum absolute atomic E-state index is 0. The largest absolute Gasteiger partial charge is 0.339 e. The molecule has 0 atom stereocenters. The molecule has 0 bridgehead atoms. The Bertz CT molecular complexity index is 476. The van der Waals surface area contributed by atoms with Crippen molar-refractivity contribution in [1.82, 2.24) is 10.2 Å². The number of nitrogens with one attached hydrogen (secondary N) is 1. The number of carbonyl (C=O) groups excluding carboxylic acids is 1. The molecule has 2 aliphatic heterocycles. The maximum atomic E-state index is 12.9. The van der Waals surface area contributed by atoms with Gasteiger partial charge in [0.1, 0.15) is 5.82 Å². The molecule has 2 saturated heterocycles. The molecule has 1 N–H and O–H groups in total. The van der Waals surface area contributed by atoms with E-state index in [1.165, 1.54) is 25.0 Å². The minimum atomic E-state index is -0.297. The number of piperidine rings is 2. The topological polar surface area (TPSA) is 32.3 Å². The maximum Gasteiger partial charge on any atom is 0.253 e. The number of hydrogen-bond acceptors (Lipinski definition) is 2. The van der Waals surface area contributed by atoms with Gasteiger partial charge in [-0.3, -0.25) is 4.79 Å². The predicted octanol–water partition coefficient (Wildman–Crippen LogP) is 2.85. The van der Waals surface area contributed by atoms with Gasteiger partial charge >= 0.3 is 0 Å². The molecule has 0 saturated carbocycles. The molecule has 3 rings (SSSR count). The fraction of sp³-hybridized carbons (Fsp3) is 0.562. The van der Waals surface area contributed by atoms with Crippen LogP contribution in [0.4, 0.5) is 4.39 Å². The number of rotatable bonds is 1. The number of hydrogen-bond donors (Lipinski definition) is 1. The molecule has 1 aromatic carbocycles. The molecular formula is C16H22ClFN2O. The molecule has 3 nitrogen and oxygen atoms in total. The Morgan fingerprint density at radius 1 is 1.05 bits per heavy atom. The first-order chi connectivity index (χ1) is 9.69. The van der Waals surface area contributed by atoms with Gasteiger partial charge in [0.05, 0.1) is 0 Å². The van der Waals surface area contributed by atoms with Crippen LogP contribution in [-0.4, -0.2) is 37.0 Å². The summed E-state index contributed by atoms with van der Waals surface area (Å²) in [6.45, 7) is 3.87. The molecule has 1 spiro atoms. The smallest absolute Gasteiger partial charge is 0.253 e. The first kappa shape index (κ1) is 16.2. The van der Waals surface area contributed by atoms with Gasteiger partial charge < -0.3 is 10.2 Å². The summed E-state index contributed by atoms with van der Waals surface area (Å²) in [5.74, 6) is -0.261. The molecule has 0 aromatic heterocycles. The number of amides is 1. The highest BCUT2D eigenvalue weighted by molar-refractivity contribution is 5.94. The molecule has 1 aromatic rings. The second kappa shape index (κ2) is 6.75. The first-order valence-electron chi connectivity index (χ1n) is 7.44. The predicted molar refractivity (Wildman–Crippen MR) is 83.3 cm³/mol. The van der Waals surface area contributed by atoms with Crippen molar-refractivity contribution in [2.45, 2.75) is 25.7 Å². The summed E-state index contributed by atoms with van der Waals surface area (Å²) in [5, 5.41) is 3.41. The van der Waals surface area contributed by atoms with E-state index in [0.717, 1.165) is 39.0 Å². The van der Waals surface area contributed by atoms with Crippen LogP contribution in [0.3, 0.4) is 0 Å². The third kappa shape index (κ3) is 3.55. The van der Waals surface area contributed by atoms with Crippen LogP contribution in [0.5, 0.6) is 0 Å². The van der Waals surface area contributed by atoms with E-state index < -0.39 is 0 Å². The van der Waals surface area contributed by atoms with E-state index in [9.17, 15) is 9.18 Å². The standard InChI is InChI=1S/C16H21FN2O.ClH/c17-14-3-1-13(2-4-14)15(20)19-11-7-16(8-12-19)5-9-18-10-6-16;/h1-4,18H,5-12H2;1H. The van der Waals surface area contributed by atoms with Crippen molar-refractivity contribution in [2.24, 2.45) is 5.41 Å². The van der Waals surface area contributed by atoms with Crippen molar-refractivity contribution in [2.75, 3.05) is 26.2 Å². The van der Waals surface area contributed by atoms with Crippen LogP contribution < -0.4 is 5.32 Å². The lowest BCUT2D eigenvalue weighted by Gasteiger charge is -2.44. The van der Waals surface area contributed by atoms with Crippen molar-refractivity contribution in [1.29, 1.82) is 0 Å². The van der Waals surface area contributed by atoms with E-state index in [1.54, 1.807) is 12.1 Å². The normalized spacial score (nSPS) is 20.9. The van der Waals surface area contributed by atoms with Crippen molar-refractivity contribution in [3.05, 3.63) is 35.6 Å². The fourth-order valence-electron chi connectivity index (χ4n) is 3.42. The average molecular weight is 313 g/mol. The van der Waals surface area contributed by atoms with Crippen LogP contribution in [0.25, 0.3) is 0 Å². The summed E-state index contributed by atoms with van der Waals surface area (Å²) in [7, 11) is 0. The monoisotopic (exact) mass is 312 g/mol. The van der Waals surface area contributed by atoms with Crippen molar-refractivity contribution >= 4 is 18.3 Å². The Labute approximate surface area is 131 Å². The van der Waals surface area contributed by atoms with E-state index >= 15 is 0 Å². The highest BCUT2D eigenvalue weighted by Gasteiger charge is 2.36. The van der Waals surface area contributed by atoms with Gasteiger partial charge in [-0.05, 0) is 68.5 Å². The van der Waals surface area contributed by atoms with Gasteiger partial charge in [0.2, 0.25) is 0 Å². The summed E-state index contributed by atoms with van der Waals surface area (Å²) in [6, 6.07) is 5.86. The zero-order valence-electron chi connectivity index (χ0n) is 12.1. The zero-order valence-corrected chi connectivity index (χ0v) is 12.9. The molecule has 5 heteroatoms. The number of benzene rings is 1. The SMILES string of the molecule is Cl.O=C(c1ccc(F)cc1)N1CCC2(CCNCC2)CC1. The summed E-state index contributed by atoms with van der Waals surface area (Å²) in [5.41, 5.74) is 1.04. The van der Waals surface area contributed by atoms with Gasteiger partial charge in [0.15, 0.2) is 0 Å². The molecule has 0 aliphatic carbocycles. The summed E-state index contributed by atoms with van der Waals surface area (Å²) in [6.07, 6.45) is 4.65. The summed E-state index contributed by atoms with van der Waals surface area (Å²) >= 11 is 0. The average Bonchev–Trinajstić information content (AvgIpc) is 2.49. The quantitative estimate of drug-likeness (QED) is 0.865. The lowest BCUT2D eigenvalue weighted by molar-refractivity contribution is 0.0495. The van der Waals surface area contributed by atoms with E-state index in [0.29, 0.717) is 11.0 Å². The number of halogens is 2. The van der Waals surface area contributed by atoms with Crippen molar-refractivity contribution in [3.8, 4) is 0 Å². The Balaban J connectivity index is 0.00000161. The Hall–Kier alpha value is -1.13. The Kier molecular flexibility index (Phi) is 5.22. The molecule has 116 valence electrons. The van der Waals surface area contributed by atoms with Gasteiger partial charge in [-0.15, -0.1) is 12.4 Å². The van der Waals surface area contributed by atoms with Crippen LogP contribution in [-0.2, 0) is 0 Å². The second-order valence-corrected chi connectivity index (χ2v) is 6.05. The molecule has 1 amide bonds. The third-order valence-electron chi connectivity index (χ3n) is 4.87. The molecule has 2 heterocycles. The van der Waals surface area contributed by atoms with Crippen LogP contribution in [0, 0.1) is 11.2 Å². The highest BCUT2D eigenvalue weighted by Crippen LogP contribution is 2.39. The fourth-order valence-corrected chi connectivity index (χ4v) is 3.42. The molecule has 21 heavy (non-hydrogen) atoms. The summed E-state index contributed by atoms with van der Waals surface area (Å²) < 4.78 is 12.9. The van der Waals surface area contributed by atoms with Gasteiger partial charge in [-0.2, -0.15) is 0 Å². The molecular weight excluding hydrogens is 291 g/mol. The van der Waals surface area contributed by atoms with Crippen LogP contribution in [0.2, 0.25) is 0 Å². The number of nitrogens with zero attached hydrogens (tertiary/aromatic N) is 1. The van der Waals surface area contributed by atoms with Crippen molar-refractivity contribution < 1.29 is 9.18 Å². The lowest BCUT2D eigenvalue weighted by atomic mass is 9.71. The molecule has 0 radical (unpaired) electrons. The number of carbonyl (C=O) groups is 1. The van der Waals surface area contributed by atoms with Crippen LogP contribution in [0.1, 0.15) is 36.0 Å². The van der Waals surface area contributed by atoms with Gasteiger partial charge in [-0.1, -0.05) is 0 Å². The minimum Gasteiger partial charge on any atom is -0.339 e. The zero-order chi connectivity index (χ0) is 14.0. The van der Waals surface area contributed by atoms with E-state index in [-0.39, 0.29) is 24.1 Å². The molecule has 0 unspecified atom stereocenters. The Morgan fingerprint density at radius 3 is 2.19 bits per heavy atom.